The molecule has 8 heteroatoms. The van der Waals surface area contributed by atoms with E-state index in [1.165, 1.54) is 57.7 Å². The second kappa shape index (κ2) is 7.22. The first-order chi connectivity index (χ1) is 12.6. The summed E-state index contributed by atoms with van der Waals surface area (Å²) < 4.78 is 33.8. The largest absolute Gasteiger partial charge is 0.493 e. The van der Waals surface area contributed by atoms with Gasteiger partial charge in [-0.2, -0.15) is 4.98 Å². The number of hydrogen-bond donors (Lipinski definition) is 0. The number of benzene rings is 2. The molecule has 0 unspecified atom stereocenters. The third-order valence-corrected chi connectivity index (χ3v) is 3.65. The maximum absolute atomic E-state index is 13.0. The molecule has 0 atom stereocenters. The summed E-state index contributed by atoms with van der Waals surface area (Å²) in [6, 6.07) is 8.49. The van der Waals surface area contributed by atoms with Crippen molar-refractivity contribution in [1.82, 2.24) is 10.1 Å². The summed E-state index contributed by atoms with van der Waals surface area (Å²) in [4.78, 5) is 16.8. The van der Waals surface area contributed by atoms with Gasteiger partial charge in [0.2, 0.25) is 17.4 Å². The van der Waals surface area contributed by atoms with Crippen molar-refractivity contribution in [2.75, 3.05) is 21.3 Å². The summed E-state index contributed by atoms with van der Waals surface area (Å²) in [6.45, 7) is 0. The summed E-state index contributed by atoms with van der Waals surface area (Å²) in [6.07, 6.45) is 0. The smallest absolute Gasteiger partial charge is 0.258 e. The van der Waals surface area contributed by atoms with Crippen LogP contribution in [0.15, 0.2) is 40.9 Å². The molecular formula is C18H15FN2O5. The SMILES string of the molecule is COc1cc(C(=O)c2noc(-c3ccc(F)cc3)n2)cc(OC)c1OC. The molecule has 0 aliphatic carbocycles. The highest BCUT2D eigenvalue weighted by atomic mass is 19.1. The zero-order valence-electron chi connectivity index (χ0n) is 14.3. The Labute approximate surface area is 148 Å². The van der Waals surface area contributed by atoms with E-state index in [9.17, 15) is 9.18 Å². The maximum atomic E-state index is 13.0. The van der Waals surface area contributed by atoms with Gasteiger partial charge in [-0.15, -0.1) is 0 Å². The van der Waals surface area contributed by atoms with Crippen molar-refractivity contribution in [2.24, 2.45) is 0 Å². The predicted octanol–water partition coefficient (Wildman–Crippen LogP) is 3.13. The van der Waals surface area contributed by atoms with Crippen molar-refractivity contribution in [2.45, 2.75) is 0 Å². The fourth-order valence-corrected chi connectivity index (χ4v) is 2.37. The average Bonchev–Trinajstić information content (AvgIpc) is 3.16. The van der Waals surface area contributed by atoms with Gasteiger partial charge in [-0.25, -0.2) is 4.39 Å². The van der Waals surface area contributed by atoms with Crippen LogP contribution in [0, 0.1) is 5.82 Å². The van der Waals surface area contributed by atoms with E-state index in [4.69, 9.17) is 18.7 Å². The summed E-state index contributed by atoms with van der Waals surface area (Å²) in [5.74, 6) is 0.129. The number of rotatable bonds is 6. The number of aromatic nitrogens is 2. The van der Waals surface area contributed by atoms with Gasteiger partial charge in [-0.3, -0.25) is 4.79 Å². The average molecular weight is 358 g/mol. The van der Waals surface area contributed by atoms with Crippen LogP contribution in [0.1, 0.15) is 16.2 Å². The quantitative estimate of drug-likeness (QED) is 0.626. The zero-order valence-corrected chi connectivity index (χ0v) is 14.3. The lowest BCUT2D eigenvalue weighted by atomic mass is 10.1. The van der Waals surface area contributed by atoms with Crippen molar-refractivity contribution in [1.29, 1.82) is 0 Å². The highest BCUT2D eigenvalue weighted by Gasteiger charge is 2.22. The molecule has 1 heterocycles. The van der Waals surface area contributed by atoms with E-state index in [1.54, 1.807) is 0 Å². The molecule has 0 aliphatic heterocycles. The first-order valence-electron chi connectivity index (χ1n) is 7.51. The van der Waals surface area contributed by atoms with Crippen molar-refractivity contribution in [3.05, 3.63) is 53.6 Å². The van der Waals surface area contributed by atoms with E-state index in [0.29, 0.717) is 22.8 Å². The topological polar surface area (TPSA) is 83.7 Å². The molecule has 0 bridgehead atoms. The summed E-state index contributed by atoms with van der Waals surface area (Å²) in [5.41, 5.74) is 0.744. The Morgan fingerprint density at radius 3 is 2.15 bits per heavy atom. The van der Waals surface area contributed by atoms with Gasteiger partial charge >= 0.3 is 0 Å². The van der Waals surface area contributed by atoms with Crippen LogP contribution in [-0.4, -0.2) is 37.3 Å². The molecule has 3 aromatic rings. The third-order valence-electron chi connectivity index (χ3n) is 3.65. The lowest BCUT2D eigenvalue weighted by molar-refractivity contribution is 0.102. The number of carbonyl (C=O) groups is 1. The molecule has 26 heavy (non-hydrogen) atoms. The standard InChI is InChI=1S/C18H15FN2O5/c1-23-13-8-11(9-14(24-2)16(13)25-3)15(22)17-20-18(26-21-17)10-4-6-12(19)7-5-10/h4-9H,1-3H3. The fourth-order valence-electron chi connectivity index (χ4n) is 2.37. The van der Waals surface area contributed by atoms with Crippen LogP contribution in [0.25, 0.3) is 11.5 Å². The Kier molecular flexibility index (Phi) is 4.83. The van der Waals surface area contributed by atoms with Gasteiger partial charge in [0.05, 0.1) is 21.3 Å². The summed E-state index contributed by atoms with van der Waals surface area (Å²) >= 11 is 0. The Hall–Kier alpha value is -3.42. The van der Waals surface area contributed by atoms with Crippen LogP contribution in [0.2, 0.25) is 0 Å². The molecular weight excluding hydrogens is 343 g/mol. The predicted molar refractivity (Wildman–Crippen MR) is 89.2 cm³/mol. The van der Waals surface area contributed by atoms with E-state index in [2.05, 4.69) is 10.1 Å². The molecule has 0 spiro atoms. The molecule has 0 fully saturated rings. The van der Waals surface area contributed by atoms with E-state index >= 15 is 0 Å². The van der Waals surface area contributed by atoms with Crippen molar-refractivity contribution < 1.29 is 27.9 Å². The van der Waals surface area contributed by atoms with Crippen LogP contribution >= 0.6 is 0 Å². The first-order valence-corrected chi connectivity index (χ1v) is 7.51. The minimum absolute atomic E-state index is 0.112. The first kappa shape index (κ1) is 17.4. The van der Waals surface area contributed by atoms with Crippen LogP contribution in [0.4, 0.5) is 4.39 Å². The highest BCUT2D eigenvalue weighted by Crippen LogP contribution is 2.38. The summed E-state index contributed by atoms with van der Waals surface area (Å²) in [5, 5.41) is 3.70. The lowest BCUT2D eigenvalue weighted by Gasteiger charge is -2.13. The maximum Gasteiger partial charge on any atom is 0.258 e. The van der Waals surface area contributed by atoms with Crippen LogP contribution in [-0.2, 0) is 0 Å². The normalized spacial score (nSPS) is 10.5. The van der Waals surface area contributed by atoms with Gasteiger partial charge in [-0.1, -0.05) is 5.16 Å². The van der Waals surface area contributed by atoms with E-state index in [0.717, 1.165) is 0 Å². The number of methoxy groups -OCH3 is 3. The molecule has 0 radical (unpaired) electrons. The monoisotopic (exact) mass is 358 g/mol. The molecule has 2 aromatic carbocycles. The fraction of sp³-hybridized carbons (Fsp3) is 0.167. The minimum Gasteiger partial charge on any atom is -0.493 e. The van der Waals surface area contributed by atoms with E-state index < -0.39 is 5.78 Å². The molecule has 0 saturated heterocycles. The number of ether oxygens (including phenoxy) is 3. The molecule has 3 rings (SSSR count). The number of halogens is 1. The van der Waals surface area contributed by atoms with E-state index in [1.807, 2.05) is 0 Å². The van der Waals surface area contributed by atoms with Gasteiger partial charge in [0.15, 0.2) is 11.5 Å². The molecule has 0 aliphatic rings. The molecule has 134 valence electrons. The van der Waals surface area contributed by atoms with Gasteiger partial charge in [0.25, 0.3) is 5.89 Å². The van der Waals surface area contributed by atoms with Crippen molar-refractivity contribution in [3.63, 3.8) is 0 Å². The molecule has 0 saturated carbocycles. The zero-order chi connectivity index (χ0) is 18.7. The Morgan fingerprint density at radius 1 is 1.00 bits per heavy atom. The van der Waals surface area contributed by atoms with Crippen LogP contribution in [0.3, 0.4) is 0 Å². The molecule has 7 nitrogen and oxygen atoms in total. The number of ketones is 1. The second-order valence-electron chi connectivity index (χ2n) is 5.17. The molecule has 1 aromatic heterocycles. The number of nitrogens with zero attached hydrogens (tertiary/aromatic N) is 2. The number of hydrogen-bond acceptors (Lipinski definition) is 7. The van der Waals surface area contributed by atoms with Gasteiger partial charge < -0.3 is 18.7 Å². The van der Waals surface area contributed by atoms with Gasteiger partial charge in [-0.05, 0) is 36.4 Å². The highest BCUT2D eigenvalue weighted by molar-refractivity contribution is 6.07. The van der Waals surface area contributed by atoms with Crippen molar-refractivity contribution >= 4 is 5.78 Å². The van der Waals surface area contributed by atoms with Gasteiger partial charge in [0, 0.05) is 11.1 Å². The third kappa shape index (κ3) is 3.21. The Morgan fingerprint density at radius 2 is 1.62 bits per heavy atom. The minimum atomic E-state index is -0.485. The number of carbonyl (C=O) groups excluding carboxylic acids is 1. The Bertz CT molecular complexity index is 912. The van der Waals surface area contributed by atoms with Crippen LogP contribution in [0.5, 0.6) is 17.2 Å². The lowest BCUT2D eigenvalue weighted by Crippen LogP contribution is -2.06. The van der Waals surface area contributed by atoms with E-state index in [-0.39, 0.29) is 23.1 Å². The van der Waals surface area contributed by atoms with Gasteiger partial charge in [0.1, 0.15) is 5.82 Å². The second-order valence-corrected chi connectivity index (χ2v) is 5.17. The summed E-state index contributed by atoms with van der Waals surface area (Å²) in [7, 11) is 4.37. The Balaban J connectivity index is 1.96. The van der Waals surface area contributed by atoms with Crippen molar-refractivity contribution in [3.8, 4) is 28.7 Å². The molecule has 0 amide bonds. The molecule has 0 N–H and O–H groups in total. The van der Waals surface area contributed by atoms with Crippen LogP contribution < -0.4 is 14.2 Å².